The van der Waals surface area contributed by atoms with Gasteiger partial charge in [-0.2, -0.15) is 0 Å². The molecular weight excluding hydrogens is 646 g/mol. The van der Waals surface area contributed by atoms with Crippen molar-refractivity contribution >= 4 is 45.3 Å². The number of fused-ring (bicyclic) bond motifs is 2. The van der Waals surface area contributed by atoms with Crippen LogP contribution < -0.4 is 36.6 Å². The number of nitrogens with two attached hydrogens (primary N) is 2. The fraction of sp³-hybridized carbons (Fsp3) is 0.300. The van der Waals surface area contributed by atoms with E-state index >= 15 is 0 Å². The van der Waals surface area contributed by atoms with E-state index < -0.39 is 24.0 Å². The minimum atomic E-state index is -0.915. The summed E-state index contributed by atoms with van der Waals surface area (Å²) in [6, 6.07) is 22.4. The van der Waals surface area contributed by atoms with Crippen molar-refractivity contribution in [2.24, 2.45) is 11.5 Å². The van der Waals surface area contributed by atoms with Crippen LogP contribution in [-0.4, -0.2) is 62.7 Å². The van der Waals surface area contributed by atoms with Crippen LogP contribution in [0.5, 0.6) is 11.5 Å². The lowest BCUT2D eigenvalue weighted by Gasteiger charge is -2.22. The lowest BCUT2D eigenvalue weighted by Crippen LogP contribution is -2.78. The zero-order chi connectivity index (χ0) is 36.6. The van der Waals surface area contributed by atoms with E-state index in [9.17, 15) is 14.4 Å². The Morgan fingerprint density at radius 1 is 0.784 bits per heavy atom. The van der Waals surface area contributed by atoms with Crippen molar-refractivity contribution in [1.82, 2.24) is 10.6 Å². The maximum absolute atomic E-state index is 13.3. The minimum absolute atomic E-state index is 0.111. The molecule has 2 amide bonds. The molecule has 0 bridgehead atoms. The number of unbranched alkanes of at least 4 members (excludes halogenated alkanes) is 1. The van der Waals surface area contributed by atoms with E-state index in [-0.39, 0.29) is 31.3 Å². The Bertz CT molecular complexity index is 1870. The van der Waals surface area contributed by atoms with Gasteiger partial charge >= 0.3 is 11.9 Å². The largest absolute Gasteiger partial charge is 0.493 e. The standard InChI is InChI=1S/C40H47N5O6/c1-4-13-32(39(48)49-3)45-38(47)31(18-10-11-24-43-40(41)42)44-35(46)19-12-26-51-34-23-21-28-15-7-9-17-30(28)37(34)36-29-16-8-6-14-27(29)20-22-33(36)50-25-5-2/h4-9,14-17,20-23,31-32H,1-2,10-13,18-19,24-26H2,3H3,(H,44,46)(H,45,47)(H4,41,42,43)/p+1/t31-,32+/m1/s1. The number of hydrogen-bond acceptors (Lipinski definition) is 6. The second-order valence-electron chi connectivity index (χ2n) is 12.0. The summed E-state index contributed by atoms with van der Waals surface area (Å²) < 4.78 is 17.4. The molecule has 4 rings (SSSR count). The van der Waals surface area contributed by atoms with Gasteiger partial charge in [0, 0.05) is 17.5 Å². The first-order valence-electron chi connectivity index (χ1n) is 17.1. The third-order valence-electron chi connectivity index (χ3n) is 8.30. The average Bonchev–Trinajstić information content (AvgIpc) is 3.14. The number of benzene rings is 4. The van der Waals surface area contributed by atoms with Gasteiger partial charge in [-0.1, -0.05) is 79.4 Å². The average molecular weight is 695 g/mol. The van der Waals surface area contributed by atoms with Crippen LogP contribution in [0.3, 0.4) is 0 Å². The molecule has 2 atom stereocenters. The van der Waals surface area contributed by atoms with Crippen molar-refractivity contribution < 1.29 is 33.6 Å². The molecule has 4 aromatic carbocycles. The molecule has 0 saturated carbocycles. The van der Waals surface area contributed by atoms with Crippen molar-refractivity contribution in [3.05, 3.63) is 98.1 Å². The van der Waals surface area contributed by atoms with Gasteiger partial charge in [0.1, 0.15) is 30.2 Å². The maximum Gasteiger partial charge on any atom is 0.338 e. The van der Waals surface area contributed by atoms with Crippen LogP contribution in [0.4, 0.5) is 0 Å². The topological polar surface area (TPSA) is 169 Å². The van der Waals surface area contributed by atoms with Crippen LogP contribution in [0.25, 0.3) is 32.7 Å². The van der Waals surface area contributed by atoms with E-state index in [1.165, 1.54) is 13.2 Å². The predicted molar refractivity (Wildman–Crippen MR) is 201 cm³/mol. The Kier molecular flexibility index (Phi) is 14.4. The molecule has 7 N–H and O–H groups in total. The highest BCUT2D eigenvalue weighted by molar-refractivity contribution is 6.09. The van der Waals surface area contributed by atoms with E-state index in [4.69, 9.17) is 25.7 Å². The predicted octanol–water partition coefficient (Wildman–Crippen LogP) is 3.63. The molecule has 11 nitrogen and oxygen atoms in total. The second-order valence-corrected chi connectivity index (χ2v) is 12.0. The summed E-state index contributed by atoms with van der Waals surface area (Å²) >= 11 is 0. The van der Waals surface area contributed by atoms with E-state index in [0.29, 0.717) is 50.3 Å². The van der Waals surface area contributed by atoms with Gasteiger partial charge in [0.25, 0.3) is 0 Å². The third-order valence-corrected chi connectivity index (χ3v) is 8.30. The van der Waals surface area contributed by atoms with Crippen LogP contribution >= 0.6 is 0 Å². The quantitative estimate of drug-likeness (QED) is 0.0307. The van der Waals surface area contributed by atoms with E-state index in [1.54, 1.807) is 6.08 Å². The Balaban J connectivity index is 1.50. The number of esters is 1. The van der Waals surface area contributed by atoms with Gasteiger partial charge < -0.3 is 24.8 Å². The summed E-state index contributed by atoms with van der Waals surface area (Å²) in [5.41, 5.74) is 12.7. The van der Waals surface area contributed by atoms with Gasteiger partial charge in [-0.15, -0.1) is 6.58 Å². The number of nitrogens with one attached hydrogen (secondary N) is 3. The van der Waals surface area contributed by atoms with Crippen LogP contribution in [0.1, 0.15) is 38.5 Å². The summed E-state index contributed by atoms with van der Waals surface area (Å²) in [6.07, 6.45) is 5.50. The number of guanidine groups is 1. The van der Waals surface area contributed by atoms with E-state index in [0.717, 1.165) is 32.7 Å². The number of rotatable bonds is 20. The fourth-order valence-electron chi connectivity index (χ4n) is 5.86. The number of ether oxygens (including phenoxy) is 3. The van der Waals surface area contributed by atoms with Crippen LogP contribution in [0.2, 0.25) is 0 Å². The molecule has 0 heterocycles. The molecule has 268 valence electrons. The first-order valence-corrected chi connectivity index (χ1v) is 17.1. The lowest BCUT2D eigenvalue weighted by molar-refractivity contribution is -0.459. The minimum Gasteiger partial charge on any atom is -0.493 e. The molecule has 0 radical (unpaired) electrons. The van der Waals surface area contributed by atoms with Gasteiger partial charge in [0.15, 0.2) is 0 Å². The molecule has 0 aliphatic heterocycles. The van der Waals surface area contributed by atoms with Crippen molar-refractivity contribution in [3.8, 4) is 22.6 Å². The molecule has 0 fully saturated rings. The lowest BCUT2D eigenvalue weighted by atomic mass is 9.92. The first kappa shape index (κ1) is 38.0. The number of carbonyl (C=O) groups is 3. The molecule has 0 spiro atoms. The first-order chi connectivity index (χ1) is 24.8. The number of methoxy groups -OCH3 is 1. The van der Waals surface area contributed by atoms with E-state index in [1.807, 2.05) is 48.5 Å². The molecule has 0 saturated heterocycles. The van der Waals surface area contributed by atoms with Crippen LogP contribution in [-0.2, 0) is 19.1 Å². The Hall–Kier alpha value is -5.84. The van der Waals surface area contributed by atoms with Crippen molar-refractivity contribution in [2.45, 2.75) is 50.6 Å². The summed E-state index contributed by atoms with van der Waals surface area (Å²) in [5.74, 6) is 0.0783. The fourth-order valence-corrected chi connectivity index (χ4v) is 5.86. The van der Waals surface area contributed by atoms with Gasteiger partial charge in [-0.05, 0) is 65.8 Å². The van der Waals surface area contributed by atoms with Crippen LogP contribution in [0, 0.1) is 0 Å². The Labute approximate surface area is 298 Å². The number of carbonyl (C=O) groups excluding carboxylic acids is 3. The van der Waals surface area contributed by atoms with Crippen molar-refractivity contribution in [2.75, 3.05) is 26.9 Å². The number of amides is 2. The smallest absolute Gasteiger partial charge is 0.338 e. The Morgan fingerprint density at radius 3 is 2.00 bits per heavy atom. The Morgan fingerprint density at radius 2 is 1.41 bits per heavy atom. The summed E-state index contributed by atoms with van der Waals surface area (Å²) in [6.45, 7) is 8.58. The number of hydrogen-bond donors (Lipinski definition) is 5. The highest BCUT2D eigenvalue weighted by atomic mass is 16.5. The molecule has 0 aliphatic carbocycles. The molecule has 11 heteroatoms. The normalized spacial score (nSPS) is 11.9. The zero-order valence-corrected chi connectivity index (χ0v) is 29.1. The molecule has 0 aliphatic rings. The second kappa shape index (κ2) is 19.4. The molecule has 51 heavy (non-hydrogen) atoms. The van der Waals surface area contributed by atoms with Crippen molar-refractivity contribution in [3.63, 3.8) is 0 Å². The van der Waals surface area contributed by atoms with Gasteiger partial charge in [-0.25, -0.2) is 4.79 Å². The van der Waals surface area contributed by atoms with Gasteiger partial charge in [-0.3, -0.25) is 26.0 Å². The highest BCUT2D eigenvalue weighted by Gasteiger charge is 2.26. The molecule has 0 unspecified atom stereocenters. The van der Waals surface area contributed by atoms with Gasteiger partial charge in [0.05, 0.1) is 20.3 Å². The SMILES string of the molecule is C=CCOc1ccc2ccccc2c1-c1c(OCCCC(=O)N[C@H](CCCC[NH+]=C(N)N)C(=O)N[C@@H](CC=C)C(=O)OC)ccc2ccccc12. The summed E-state index contributed by atoms with van der Waals surface area (Å²) in [4.78, 5) is 41.5. The molecular formula is C40H48N5O6+. The highest BCUT2D eigenvalue weighted by Crippen LogP contribution is 2.45. The zero-order valence-electron chi connectivity index (χ0n) is 29.1. The van der Waals surface area contributed by atoms with Crippen LogP contribution in [0.15, 0.2) is 98.1 Å². The van der Waals surface area contributed by atoms with Gasteiger partial charge in [0.2, 0.25) is 11.8 Å². The maximum atomic E-state index is 13.3. The summed E-state index contributed by atoms with van der Waals surface area (Å²) in [5, 5.41) is 9.67. The monoisotopic (exact) mass is 694 g/mol. The molecule has 4 aromatic rings. The van der Waals surface area contributed by atoms with Crippen molar-refractivity contribution in [1.29, 1.82) is 0 Å². The summed E-state index contributed by atoms with van der Waals surface area (Å²) in [7, 11) is 1.25. The third kappa shape index (κ3) is 10.6. The molecule has 0 aromatic heterocycles. The van der Waals surface area contributed by atoms with E-state index in [2.05, 4.69) is 53.0 Å².